The molecule has 92 valence electrons. The van der Waals surface area contributed by atoms with Crippen molar-refractivity contribution in [2.45, 2.75) is 0 Å². The van der Waals surface area contributed by atoms with Crippen LogP contribution in [0.5, 0.6) is 5.75 Å². The molecule has 2 aromatic rings. The quantitative estimate of drug-likeness (QED) is 0.890. The van der Waals surface area contributed by atoms with Gasteiger partial charge < -0.3 is 10.2 Å². The van der Waals surface area contributed by atoms with Gasteiger partial charge in [0.2, 0.25) is 0 Å². The lowest BCUT2D eigenvalue weighted by Crippen LogP contribution is -1.97. The molecule has 0 aliphatic rings. The maximum atomic E-state index is 13.7. The third kappa shape index (κ3) is 2.51. The zero-order valence-corrected chi connectivity index (χ0v) is 10.6. The maximum absolute atomic E-state index is 13.7. The summed E-state index contributed by atoms with van der Waals surface area (Å²) in [5.74, 6) is -1.70. The molecule has 0 fully saturated rings. The van der Waals surface area contributed by atoms with Crippen LogP contribution in [0.3, 0.4) is 0 Å². The highest BCUT2D eigenvalue weighted by molar-refractivity contribution is 9.10. The van der Waals surface area contributed by atoms with Crippen molar-refractivity contribution in [1.82, 2.24) is 0 Å². The molecule has 0 aromatic heterocycles. The lowest BCUT2D eigenvalue weighted by atomic mass is 10.0. The van der Waals surface area contributed by atoms with E-state index in [2.05, 4.69) is 15.9 Å². The fourth-order valence-corrected chi connectivity index (χ4v) is 2.09. The van der Waals surface area contributed by atoms with E-state index in [0.717, 1.165) is 6.07 Å². The summed E-state index contributed by atoms with van der Waals surface area (Å²) in [4.78, 5) is 10.8. The first kappa shape index (κ1) is 12.6. The average molecular weight is 311 g/mol. The van der Waals surface area contributed by atoms with E-state index >= 15 is 0 Å². The predicted octanol–water partition coefficient (Wildman–Crippen LogP) is 3.66. The van der Waals surface area contributed by atoms with Gasteiger partial charge in [0.15, 0.2) is 0 Å². The molecule has 0 aliphatic heterocycles. The molecular weight excluding hydrogens is 303 g/mol. The monoisotopic (exact) mass is 310 g/mol. The van der Waals surface area contributed by atoms with E-state index in [1.807, 2.05) is 0 Å². The second kappa shape index (κ2) is 4.78. The van der Waals surface area contributed by atoms with Gasteiger partial charge >= 0.3 is 5.97 Å². The van der Waals surface area contributed by atoms with Gasteiger partial charge in [0, 0.05) is 10.0 Å². The number of halogens is 2. The van der Waals surface area contributed by atoms with Crippen molar-refractivity contribution < 1.29 is 19.4 Å². The third-order valence-electron chi connectivity index (χ3n) is 2.41. The highest BCUT2D eigenvalue weighted by Gasteiger charge is 2.11. The van der Waals surface area contributed by atoms with Gasteiger partial charge in [-0.3, -0.25) is 0 Å². The number of benzene rings is 2. The Morgan fingerprint density at radius 2 is 1.89 bits per heavy atom. The summed E-state index contributed by atoms with van der Waals surface area (Å²) >= 11 is 3.18. The topological polar surface area (TPSA) is 57.5 Å². The normalized spacial score (nSPS) is 10.3. The Hall–Kier alpha value is -1.88. The first-order chi connectivity index (χ1) is 8.47. The van der Waals surface area contributed by atoms with E-state index < -0.39 is 11.8 Å². The number of phenols is 1. The highest BCUT2D eigenvalue weighted by atomic mass is 79.9. The molecule has 5 heteroatoms. The Kier molecular flexibility index (Phi) is 3.34. The molecular formula is C13H8BrFO3. The second-order valence-electron chi connectivity index (χ2n) is 3.70. The summed E-state index contributed by atoms with van der Waals surface area (Å²) in [5.41, 5.74) is 0.528. The van der Waals surface area contributed by atoms with Gasteiger partial charge in [-0.05, 0) is 42.0 Å². The molecule has 2 N–H and O–H groups in total. The van der Waals surface area contributed by atoms with Crippen LogP contribution in [0.15, 0.2) is 40.9 Å². The molecule has 2 rings (SSSR count). The predicted molar refractivity (Wildman–Crippen MR) is 68.2 cm³/mol. The molecule has 0 heterocycles. The SMILES string of the molecule is O=C(O)c1ccc(F)c(-c2cc(O)cc(Br)c2)c1. The van der Waals surface area contributed by atoms with E-state index in [1.54, 1.807) is 6.07 Å². The van der Waals surface area contributed by atoms with Crippen LogP contribution in [-0.2, 0) is 0 Å². The Labute approximate surface area is 111 Å². The maximum Gasteiger partial charge on any atom is 0.335 e. The van der Waals surface area contributed by atoms with Crippen molar-refractivity contribution in [2.24, 2.45) is 0 Å². The van der Waals surface area contributed by atoms with Crippen LogP contribution in [0.1, 0.15) is 10.4 Å². The second-order valence-corrected chi connectivity index (χ2v) is 4.61. The highest BCUT2D eigenvalue weighted by Crippen LogP contribution is 2.30. The number of carboxylic acids is 1. The zero-order valence-electron chi connectivity index (χ0n) is 9.02. The first-order valence-electron chi connectivity index (χ1n) is 5.00. The molecule has 18 heavy (non-hydrogen) atoms. The van der Waals surface area contributed by atoms with Crippen molar-refractivity contribution >= 4 is 21.9 Å². The van der Waals surface area contributed by atoms with E-state index in [9.17, 15) is 14.3 Å². The number of phenolic OH excluding ortho intramolecular Hbond substituents is 1. The molecule has 0 aliphatic carbocycles. The van der Waals surface area contributed by atoms with Crippen LogP contribution in [-0.4, -0.2) is 16.2 Å². The zero-order chi connectivity index (χ0) is 13.3. The summed E-state index contributed by atoms with van der Waals surface area (Å²) in [7, 11) is 0. The van der Waals surface area contributed by atoms with Crippen LogP contribution < -0.4 is 0 Å². The van der Waals surface area contributed by atoms with Gasteiger partial charge in [0.25, 0.3) is 0 Å². The molecule has 0 atom stereocenters. The summed E-state index contributed by atoms with van der Waals surface area (Å²) in [6, 6.07) is 7.95. The number of aromatic carboxylic acids is 1. The lowest BCUT2D eigenvalue weighted by molar-refractivity contribution is 0.0697. The number of hydrogen-bond acceptors (Lipinski definition) is 2. The van der Waals surface area contributed by atoms with Gasteiger partial charge in [-0.15, -0.1) is 0 Å². The smallest absolute Gasteiger partial charge is 0.335 e. The molecule has 3 nitrogen and oxygen atoms in total. The Bertz CT molecular complexity index is 605. The fraction of sp³-hybridized carbons (Fsp3) is 0. The van der Waals surface area contributed by atoms with Crippen molar-refractivity contribution in [3.63, 3.8) is 0 Å². The van der Waals surface area contributed by atoms with E-state index in [0.29, 0.717) is 10.0 Å². The number of rotatable bonds is 2. The summed E-state index contributed by atoms with van der Waals surface area (Å²) in [6.07, 6.45) is 0. The van der Waals surface area contributed by atoms with Crippen molar-refractivity contribution in [3.05, 3.63) is 52.3 Å². The third-order valence-corrected chi connectivity index (χ3v) is 2.86. The lowest BCUT2D eigenvalue weighted by Gasteiger charge is -2.06. The molecule has 2 aromatic carbocycles. The molecule has 0 saturated carbocycles. The van der Waals surface area contributed by atoms with Crippen LogP contribution in [0.25, 0.3) is 11.1 Å². The van der Waals surface area contributed by atoms with E-state index in [4.69, 9.17) is 5.11 Å². The molecule has 0 unspecified atom stereocenters. The molecule has 0 amide bonds. The van der Waals surface area contributed by atoms with Crippen molar-refractivity contribution in [1.29, 1.82) is 0 Å². The Morgan fingerprint density at radius 1 is 1.17 bits per heavy atom. The van der Waals surface area contributed by atoms with Gasteiger partial charge in [-0.1, -0.05) is 15.9 Å². The van der Waals surface area contributed by atoms with Gasteiger partial charge in [0.05, 0.1) is 5.56 Å². The van der Waals surface area contributed by atoms with Crippen LogP contribution in [0.4, 0.5) is 4.39 Å². The van der Waals surface area contributed by atoms with Gasteiger partial charge in [0.1, 0.15) is 11.6 Å². The standard InChI is InChI=1S/C13H8BrFO3/c14-9-3-8(4-10(16)6-9)11-5-7(13(17)18)1-2-12(11)15/h1-6,16H,(H,17,18). The van der Waals surface area contributed by atoms with Gasteiger partial charge in [-0.25, -0.2) is 9.18 Å². The van der Waals surface area contributed by atoms with E-state index in [1.165, 1.54) is 24.3 Å². The van der Waals surface area contributed by atoms with E-state index in [-0.39, 0.29) is 16.9 Å². The Morgan fingerprint density at radius 3 is 2.50 bits per heavy atom. The minimum atomic E-state index is -1.13. The van der Waals surface area contributed by atoms with Crippen molar-refractivity contribution in [2.75, 3.05) is 0 Å². The largest absolute Gasteiger partial charge is 0.508 e. The minimum absolute atomic E-state index is 0.00846. The van der Waals surface area contributed by atoms with Crippen LogP contribution in [0.2, 0.25) is 0 Å². The van der Waals surface area contributed by atoms with Crippen LogP contribution >= 0.6 is 15.9 Å². The molecule has 0 saturated heterocycles. The van der Waals surface area contributed by atoms with Gasteiger partial charge in [-0.2, -0.15) is 0 Å². The average Bonchev–Trinajstić information content (AvgIpc) is 2.27. The van der Waals surface area contributed by atoms with Crippen molar-refractivity contribution in [3.8, 4) is 16.9 Å². The molecule has 0 radical (unpaired) electrons. The number of hydrogen-bond donors (Lipinski definition) is 2. The molecule has 0 bridgehead atoms. The summed E-state index contributed by atoms with van der Waals surface area (Å²) in [6.45, 7) is 0. The Balaban J connectivity index is 2.62. The number of carboxylic acid groups (broad SMARTS) is 1. The van der Waals surface area contributed by atoms with Crippen LogP contribution in [0, 0.1) is 5.82 Å². The number of carbonyl (C=O) groups is 1. The summed E-state index contributed by atoms with van der Waals surface area (Å²) in [5, 5.41) is 18.3. The first-order valence-corrected chi connectivity index (χ1v) is 5.79. The summed E-state index contributed by atoms with van der Waals surface area (Å²) < 4.78 is 14.3. The number of aromatic hydroxyl groups is 1. The fourth-order valence-electron chi connectivity index (χ4n) is 1.61. The molecule has 0 spiro atoms. The minimum Gasteiger partial charge on any atom is -0.508 e.